The molecule has 0 bridgehead atoms. The molecule has 2 nitrogen and oxygen atoms in total. The third-order valence-corrected chi connectivity index (χ3v) is 2.63. The zero-order valence-corrected chi connectivity index (χ0v) is 9.24. The molecule has 0 saturated heterocycles. The number of hydrogen-bond acceptors (Lipinski definition) is 2. The summed E-state index contributed by atoms with van der Waals surface area (Å²) in [5.41, 5.74) is 2.03. The molecule has 0 aliphatic carbocycles. The second-order valence-corrected chi connectivity index (χ2v) is 3.53. The molecule has 0 amide bonds. The molecule has 72 valence electrons. The molecule has 0 aliphatic heterocycles. The van der Waals surface area contributed by atoms with Crippen LogP contribution in [0, 0.1) is 0 Å². The van der Waals surface area contributed by atoms with E-state index < -0.39 is 0 Å². The molecule has 1 aromatic carbocycles. The molecule has 0 aliphatic rings. The van der Waals surface area contributed by atoms with Gasteiger partial charge in [-0.3, -0.25) is 0 Å². The molecule has 0 fully saturated rings. The van der Waals surface area contributed by atoms with Gasteiger partial charge in [-0.05, 0) is 28.1 Å². The van der Waals surface area contributed by atoms with Crippen molar-refractivity contribution in [3.05, 3.63) is 41.3 Å². The van der Waals surface area contributed by atoms with Crippen molar-refractivity contribution in [2.75, 3.05) is 7.11 Å². The topological polar surface area (TPSA) is 22.4 Å². The summed E-state index contributed by atoms with van der Waals surface area (Å²) in [5, 5.41) is 0. The molecule has 0 spiro atoms. The normalized spacial score (nSPS) is 10.1. The predicted molar refractivity (Wildman–Crippen MR) is 58.4 cm³/mol. The van der Waals surface area contributed by atoms with Gasteiger partial charge in [0.1, 0.15) is 5.75 Å². The van der Waals surface area contributed by atoms with Gasteiger partial charge in [0.05, 0.1) is 13.4 Å². The maximum Gasteiger partial charge on any atom is 0.176 e. The zero-order chi connectivity index (χ0) is 9.97. The highest BCUT2D eigenvalue weighted by atomic mass is 79.9. The molecule has 0 saturated carbocycles. The summed E-state index contributed by atoms with van der Waals surface area (Å²) >= 11 is 3.34. The molecule has 3 heteroatoms. The second-order valence-electron chi connectivity index (χ2n) is 2.81. The van der Waals surface area contributed by atoms with Crippen molar-refractivity contribution in [3.63, 3.8) is 0 Å². The van der Waals surface area contributed by atoms with E-state index in [1.807, 2.05) is 30.3 Å². The number of rotatable bonds is 2. The summed E-state index contributed by atoms with van der Waals surface area (Å²) < 4.78 is 11.2. The van der Waals surface area contributed by atoms with E-state index in [0.717, 1.165) is 21.5 Å². The van der Waals surface area contributed by atoms with Gasteiger partial charge in [-0.2, -0.15) is 0 Å². The molecule has 1 heterocycles. The second kappa shape index (κ2) is 3.88. The maximum atomic E-state index is 5.26. The molecule has 0 atom stereocenters. The molecule has 0 N–H and O–H groups in total. The summed E-state index contributed by atoms with van der Waals surface area (Å²) in [4.78, 5) is 0. The fourth-order valence-corrected chi connectivity index (χ4v) is 1.81. The van der Waals surface area contributed by atoms with Gasteiger partial charge in [-0.25, -0.2) is 0 Å². The number of para-hydroxylation sites is 1. The van der Waals surface area contributed by atoms with Gasteiger partial charge in [0.25, 0.3) is 0 Å². The molecule has 1 aromatic heterocycles. The lowest BCUT2D eigenvalue weighted by Gasteiger charge is -2.05. The largest absolute Gasteiger partial charge is 0.496 e. The Morgan fingerprint density at radius 1 is 1.14 bits per heavy atom. The fourth-order valence-electron chi connectivity index (χ4n) is 1.35. The monoisotopic (exact) mass is 252 g/mol. The Hall–Kier alpha value is -1.22. The first-order valence-corrected chi connectivity index (χ1v) is 4.98. The number of benzene rings is 1. The number of ether oxygens (including phenoxy) is 1. The number of halogens is 1. The summed E-state index contributed by atoms with van der Waals surface area (Å²) in [6.07, 6.45) is 1.64. The average molecular weight is 253 g/mol. The third-order valence-electron chi connectivity index (χ3n) is 2.02. The van der Waals surface area contributed by atoms with Crippen LogP contribution in [0.2, 0.25) is 0 Å². The minimum Gasteiger partial charge on any atom is -0.496 e. The van der Waals surface area contributed by atoms with Gasteiger partial charge in [-0.1, -0.05) is 18.2 Å². The predicted octanol–water partition coefficient (Wildman–Crippen LogP) is 3.72. The van der Waals surface area contributed by atoms with E-state index in [-0.39, 0.29) is 0 Å². The Morgan fingerprint density at radius 2 is 1.93 bits per heavy atom. The van der Waals surface area contributed by atoms with Crippen molar-refractivity contribution in [1.82, 2.24) is 0 Å². The van der Waals surface area contributed by atoms with Gasteiger partial charge in [-0.15, -0.1) is 0 Å². The Kier molecular flexibility index (Phi) is 2.59. The van der Waals surface area contributed by atoms with Crippen LogP contribution < -0.4 is 4.74 Å². The number of hydrogen-bond donors (Lipinski definition) is 0. The summed E-state index contributed by atoms with van der Waals surface area (Å²) in [7, 11) is 1.66. The highest BCUT2D eigenvalue weighted by Gasteiger charge is 2.09. The van der Waals surface area contributed by atoms with E-state index in [9.17, 15) is 0 Å². The zero-order valence-electron chi connectivity index (χ0n) is 7.66. The first-order chi connectivity index (χ1) is 6.83. The van der Waals surface area contributed by atoms with Gasteiger partial charge < -0.3 is 9.15 Å². The van der Waals surface area contributed by atoms with Crippen molar-refractivity contribution < 1.29 is 9.15 Å². The standard InChI is InChI=1S/C11H9BrO2/c1-13-10-5-3-2-4-8(10)9-6-7-14-11(9)12/h2-7H,1H3. The van der Waals surface area contributed by atoms with Crippen molar-refractivity contribution in [2.24, 2.45) is 0 Å². The van der Waals surface area contributed by atoms with E-state index in [1.165, 1.54) is 0 Å². The minimum atomic E-state index is 0.724. The highest BCUT2D eigenvalue weighted by molar-refractivity contribution is 9.10. The van der Waals surface area contributed by atoms with Gasteiger partial charge in [0.15, 0.2) is 4.67 Å². The fraction of sp³-hybridized carbons (Fsp3) is 0.0909. The summed E-state index contributed by atoms with van der Waals surface area (Å²) in [5.74, 6) is 0.842. The minimum absolute atomic E-state index is 0.724. The molecule has 0 unspecified atom stereocenters. The van der Waals surface area contributed by atoms with Crippen molar-refractivity contribution >= 4 is 15.9 Å². The lowest BCUT2D eigenvalue weighted by atomic mass is 10.1. The van der Waals surface area contributed by atoms with Crippen LogP contribution in [0.15, 0.2) is 45.7 Å². The quantitative estimate of drug-likeness (QED) is 0.813. The van der Waals surface area contributed by atoms with E-state index in [2.05, 4.69) is 15.9 Å². The Labute approximate surface area is 90.6 Å². The van der Waals surface area contributed by atoms with E-state index >= 15 is 0 Å². The van der Waals surface area contributed by atoms with Crippen LogP contribution in [0.1, 0.15) is 0 Å². The highest BCUT2D eigenvalue weighted by Crippen LogP contribution is 2.35. The van der Waals surface area contributed by atoms with E-state index in [4.69, 9.17) is 9.15 Å². The van der Waals surface area contributed by atoms with Crippen molar-refractivity contribution in [1.29, 1.82) is 0 Å². The van der Waals surface area contributed by atoms with Crippen LogP contribution >= 0.6 is 15.9 Å². The number of furan rings is 1. The number of methoxy groups -OCH3 is 1. The Morgan fingerprint density at radius 3 is 2.57 bits per heavy atom. The maximum absolute atomic E-state index is 5.26. The Balaban J connectivity index is 2.56. The van der Waals surface area contributed by atoms with E-state index in [0.29, 0.717) is 0 Å². The van der Waals surface area contributed by atoms with Crippen LogP contribution in [0.4, 0.5) is 0 Å². The third kappa shape index (κ3) is 1.55. The van der Waals surface area contributed by atoms with Gasteiger partial charge in [0.2, 0.25) is 0 Å². The molecule has 2 rings (SSSR count). The van der Waals surface area contributed by atoms with Crippen LogP contribution in [-0.2, 0) is 0 Å². The van der Waals surface area contributed by atoms with Crippen molar-refractivity contribution in [3.8, 4) is 16.9 Å². The molecule has 2 aromatic rings. The van der Waals surface area contributed by atoms with Crippen LogP contribution in [0.3, 0.4) is 0 Å². The lowest BCUT2D eigenvalue weighted by Crippen LogP contribution is -1.86. The van der Waals surface area contributed by atoms with Crippen molar-refractivity contribution in [2.45, 2.75) is 0 Å². The smallest absolute Gasteiger partial charge is 0.176 e. The Bertz CT molecular complexity index is 434. The van der Waals surface area contributed by atoms with Gasteiger partial charge >= 0.3 is 0 Å². The van der Waals surface area contributed by atoms with Crippen LogP contribution in [0.5, 0.6) is 5.75 Å². The molecule has 14 heavy (non-hydrogen) atoms. The van der Waals surface area contributed by atoms with Crippen LogP contribution in [-0.4, -0.2) is 7.11 Å². The molecular weight excluding hydrogens is 244 g/mol. The first kappa shape index (κ1) is 9.34. The van der Waals surface area contributed by atoms with Gasteiger partial charge in [0, 0.05) is 11.1 Å². The SMILES string of the molecule is COc1ccccc1-c1ccoc1Br. The average Bonchev–Trinajstić information content (AvgIpc) is 2.64. The lowest BCUT2D eigenvalue weighted by molar-refractivity contribution is 0.416. The summed E-state index contributed by atoms with van der Waals surface area (Å²) in [6.45, 7) is 0. The van der Waals surface area contributed by atoms with Crippen LogP contribution in [0.25, 0.3) is 11.1 Å². The van der Waals surface area contributed by atoms with E-state index in [1.54, 1.807) is 13.4 Å². The molecular formula is C11H9BrO2. The first-order valence-electron chi connectivity index (χ1n) is 4.19. The summed E-state index contributed by atoms with van der Waals surface area (Å²) in [6, 6.07) is 9.73. The molecule has 0 radical (unpaired) electrons.